The van der Waals surface area contributed by atoms with Gasteiger partial charge < -0.3 is 0 Å². The Bertz CT molecular complexity index is 1570. The molecule has 6 rings (SSSR count). The average Bonchev–Trinajstić information content (AvgIpc) is 3.35. The average molecular weight is 415 g/mol. The zero-order chi connectivity index (χ0) is 21.7. The van der Waals surface area contributed by atoms with Gasteiger partial charge in [-0.2, -0.15) is 0 Å². The van der Waals surface area contributed by atoms with E-state index in [9.17, 15) is 0 Å². The third-order valence-corrected chi connectivity index (χ3v) is 6.03. The number of hydrogen-bond donors (Lipinski definition) is 0. The third kappa shape index (κ3) is 2.84. The van der Waals surface area contributed by atoms with Crippen LogP contribution in [-0.4, -0.2) is 19.1 Å². The first-order chi connectivity index (χ1) is 15.7. The first-order valence-electron chi connectivity index (χ1n) is 10.8. The number of fused-ring (bicyclic) bond motifs is 2. The third-order valence-electron chi connectivity index (χ3n) is 6.03. The summed E-state index contributed by atoms with van der Waals surface area (Å²) in [5.41, 5.74) is 8.80. The molecule has 0 fully saturated rings. The summed E-state index contributed by atoms with van der Waals surface area (Å²) in [5.74, 6) is 1.97. The van der Waals surface area contributed by atoms with Gasteiger partial charge in [0.15, 0.2) is 0 Å². The van der Waals surface area contributed by atoms with Gasteiger partial charge in [-0.05, 0) is 61.9 Å². The van der Waals surface area contributed by atoms with Crippen LogP contribution in [-0.2, 0) is 0 Å². The van der Waals surface area contributed by atoms with E-state index in [2.05, 4.69) is 101 Å². The quantitative estimate of drug-likeness (QED) is 0.325. The van der Waals surface area contributed by atoms with Crippen molar-refractivity contribution in [3.63, 3.8) is 0 Å². The molecule has 0 saturated carbocycles. The number of para-hydroxylation sites is 4. The molecule has 0 spiro atoms. The van der Waals surface area contributed by atoms with E-state index in [-0.39, 0.29) is 0 Å². The highest BCUT2D eigenvalue weighted by atomic mass is 15.1. The summed E-state index contributed by atoms with van der Waals surface area (Å²) in [6.45, 7) is 4.11. The second-order valence-corrected chi connectivity index (χ2v) is 8.03. The van der Waals surface area contributed by atoms with E-state index in [4.69, 9.17) is 9.97 Å². The molecule has 0 aliphatic rings. The molecule has 0 N–H and O–H groups in total. The minimum absolute atomic E-state index is 0.982. The molecule has 0 aliphatic heterocycles. The molecule has 0 unspecified atom stereocenters. The number of imidazole rings is 2. The molecule has 154 valence electrons. The molecule has 0 saturated heterocycles. The molecule has 4 aromatic carbocycles. The van der Waals surface area contributed by atoms with E-state index in [0.29, 0.717) is 0 Å². The lowest BCUT2D eigenvalue weighted by Gasteiger charge is -2.10. The van der Waals surface area contributed by atoms with Gasteiger partial charge in [0.1, 0.15) is 11.6 Å². The van der Waals surface area contributed by atoms with Crippen molar-refractivity contribution < 1.29 is 0 Å². The Morgan fingerprint density at radius 2 is 1.16 bits per heavy atom. The number of aromatic nitrogens is 4. The second-order valence-electron chi connectivity index (χ2n) is 8.03. The fraction of sp³-hybridized carbons (Fsp3) is 0.0714. The van der Waals surface area contributed by atoms with Crippen LogP contribution in [0.3, 0.4) is 0 Å². The smallest absolute Gasteiger partial charge is 0.111 e. The van der Waals surface area contributed by atoms with Crippen molar-refractivity contribution in [2.24, 2.45) is 0 Å². The van der Waals surface area contributed by atoms with Crippen molar-refractivity contribution in [3.8, 4) is 22.5 Å². The van der Waals surface area contributed by atoms with E-state index in [0.717, 1.165) is 56.2 Å². The molecule has 0 atom stereocenters. The largest absolute Gasteiger partial charge is 0.297 e. The van der Waals surface area contributed by atoms with Crippen LogP contribution in [0.5, 0.6) is 0 Å². The first kappa shape index (κ1) is 18.6. The van der Waals surface area contributed by atoms with Gasteiger partial charge in [-0.1, -0.05) is 54.6 Å². The van der Waals surface area contributed by atoms with Crippen LogP contribution in [0.2, 0.25) is 0 Å². The molecule has 6 aromatic rings. The van der Waals surface area contributed by atoms with Gasteiger partial charge in [0, 0.05) is 16.9 Å². The van der Waals surface area contributed by atoms with Crippen molar-refractivity contribution in [3.05, 3.63) is 109 Å². The minimum atomic E-state index is 0.982. The van der Waals surface area contributed by atoms with Crippen LogP contribution < -0.4 is 0 Å². The predicted molar refractivity (Wildman–Crippen MR) is 131 cm³/mol. The molecule has 32 heavy (non-hydrogen) atoms. The van der Waals surface area contributed by atoms with Crippen molar-refractivity contribution in [1.29, 1.82) is 0 Å². The number of benzene rings is 4. The lowest BCUT2D eigenvalue weighted by Crippen LogP contribution is -1.96. The molecule has 4 heteroatoms. The molecule has 2 aromatic heterocycles. The van der Waals surface area contributed by atoms with Crippen molar-refractivity contribution in [1.82, 2.24) is 19.1 Å². The Hall–Kier alpha value is -4.18. The van der Waals surface area contributed by atoms with Crippen molar-refractivity contribution in [2.45, 2.75) is 13.8 Å². The van der Waals surface area contributed by atoms with Crippen molar-refractivity contribution in [2.75, 3.05) is 0 Å². The highest BCUT2D eigenvalue weighted by molar-refractivity contribution is 5.93. The Labute approximate surface area is 186 Å². The zero-order valence-electron chi connectivity index (χ0n) is 18.0. The highest BCUT2D eigenvalue weighted by Crippen LogP contribution is 2.31. The summed E-state index contributed by atoms with van der Waals surface area (Å²) in [6.07, 6.45) is 0. The Balaban J connectivity index is 1.47. The summed E-state index contributed by atoms with van der Waals surface area (Å²) in [4.78, 5) is 9.64. The SMILES string of the molecule is Cc1nc2ccccc2n1-c1ccc(-c2cccc3c2nc(C)n3-c2ccccc2)cc1. The standard InChI is InChI=1S/C28H22N4/c1-19-29-25-12-6-7-13-26(25)31(19)23-17-15-21(16-18-23)24-11-8-14-27-28(24)30-20(2)32(27)22-9-4-3-5-10-22/h3-18H,1-2H3. The van der Waals surface area contributed by atoms with E-state index < -0.39 is 0 Å². The van der Waals surface area contributed by atoms with Crippen molar-refractivity contribution >= 4 is 22.1 Å². The maximum atomic E-state index is 4.94. The molecule has 4 nitrogen and oxygen atoms in total. The van der Waals surface area contributed by atoms with Gasteiger partial charge in [0.2, 0.25) is 0 Å². The summed E-state index contributed by atoms with van der Waals surface area (Å²) in [7, 11) is 0. The van der Waals surface area contributed by atoms with Crippen LogP contribution in [0.15, 0.2) is 97.1 Å². The second kappa shape index (κ2) is 7.20. The zero-order valence-corrected chi connectivity index (χ0v) is 18.0. The lowest BCUT2D eigenvalue weighted by atomic mass is 10.0. The summed E-state index contributed by atoms with van der Waals surface area (Å²) >= 11 is 0. The fourth-order valence-corrected chi connectivity index (χ4v) is 4.61. The normalized spacial score (nSPS) is 11.4. The predicted octanol–water partition coefficient (Wildman–Crippen LogP) is 6.65. The van der Waals surface area contributed by atoms with E-state index in [1.165, 1.54) is 0 Å². The monoisotopic (exact) mass is 414 g/mol. The molecule has 0 aliphatic carbocycles. The van der Waals surface area contributed by atoms with Gasteiger partial charge in [0.05, 0.1) is 22.1 Å². The Morgan fingerprint density at radius 1 is 0.531 bits per heavy atom. The molecule has 0 radical (unpaired) electrons. The van der Waals surface area contributed by atoms with Crippen LogP contribution in [0.25, 0.3) is 44.6 Å². The first-order valence-corrected chi connectivity index (χ1v) is 10.8. The highest BCUT2D eigenvalue weighted by Gasteiger charge is 2.14. The molecule has 2 heterocycles. The van der Waals surface area contributed by atoms with Crippen LogP contribution in [0.4, 0.5) is 0 Å². The van der Waals surface area contributed by atoms with Gasteiger partial charge in [-0.25, -0.2) is 9.97 Å². The van der Waals surface area contributed by atoms with Crippen LogP contribution >= 0.6 is 0 Å². The number of nitrogens with zero attached hydrogens (tertiary/aromatic N) is 4. The van der Waals surface area contributed by atoms with Gasteiger partial charge >= 0.3 is 0 Å². The Kier molecular flexibility index (Phi) is 4.18. The number of rotatable bonds is 3. The number of hydrogen-bond acceptors (Lipinski definition) is 2. The number of aryl methyl sites for hydroxylation is 2. The van der Waals surface area contributed by atoms with Gasteiger partial charge in [-0.15, -0.1) is 0 Å². The molecule has 0 bridgehead atoms. The van der Waals surface area contributed by atoms with Crippen LogP contribution in [0.1, 0.15) is 11.6 Å². The van der Waals surface area contributed by atoms with Gasteiger partial charge in [0.25, 0.3) is 0 Å². The maximum absolute atomic E-state index is 4.94. The Morgan fingerprint density at radius 3 is 1.97 bits per heavy atom. The van der Waals surface area contributed by atoms with Crippen LogP contribution in [0, 0.1) is 13.8 Å². The van der Waals surface area contributed by atoms with E-state index in [1.54, 1.807) is 0 Å². The fourth-order valence-electron chi connectivity index (χ4n) is 4.61. The molecular weight excluding hydrogens is 392 g/mol. The molecule has 0 amide bonds. The van der Waals surface area contributed by atoms with E-state index in [1.807, 2.05) is 19.1 Å². The minimum Gasteiger partial charge on any atom is -0.297 e. The summed E-state index contributed by atoms with van der Waals surface area (Å²) < 4.78 is 4.42. The summed E-state index contributed by atoms with van der Waals surface area (Å²) in [5, 5.41) is 0. The van der Waals surface area contributed by atoms with Gasteiger partial charge in [-0.3, -0.25) is 9.13 Å². The lowest BCUT2D eigenvalue weighted by molar-refractivity contribution is 1.00. The maximum Gasteiger partial charge on any atom is 0.111 e. The topological polar surface area (TPSA) is 35.6 Å². The molecular formula is C28H22N4. The van der Waals surface area contributed by atoms with E-state index >= 15 is 0 Å². The summed E-state index contributed by atoms with van der Waals surface area (Å²) in [6, 6.07) is 33.7.